The van der Waals surface area contributed by atoms with Crippen molar-refractivity contribution < 1.29 is 8.42 Å². The number of nitrogens with zero attached hydrogens (tertiary/aromatic N) is 2. The van der Waals surface area contributed by atoms with Crippen LogP contribution in [0.3, 0.4) is 0 Å². The summed E-state index contributed by atoms with van der Waals surface area (Å²) in [5.74, 6) is 0.0709. The van der Waals surface area contributed by atoms with Gasteiger partial charge in [0.2, 0.25) is 0 Å². The lowest BCUT2D eigenvalue weighted by molar-refractivity contribution is 0.376. The average molecular weight is 297 g/mol. The second kappa shape index (κ2) is 6.22. The van der Waals surface area contributed by atoms with Crippen molar-refractivity contribution in [3.63, 3.8) is 0 Å². The van der Waals surface area contributed by atoms with Crippen molar-refractivity contribution in [2.24, 2.45) is 5.73 Å². The fourth-order valence-electron chi connectivity index (χ4n) is 2.75. The Bertz CT molecular complexity index is 529. The Morgan fingerprint density at radius 1 is 1.20 bits per heavy atom. The summed E-state index contributed by atoms with van der Waals surface area (Å²) in [6, 6.07) is 9.75. The van der Waals surface area contributed by atoms with E-state index in [0.29, 0.717) is 26.2 Å². The van der Waals surface area contributed by atoms with Crippen molar-refractivity contribution in [1.29, 1.82) is 0 Å². The van der Waals surface area contributed by atoms with Gasteiger partial charge in [0.25, 0.3) is 10.2 Å². The smallest absolute Gasteiger partial charge is 0.282 e. The zero-order valence-electron chi connectivity index (χ0n) is 12.1. The molecule has 1 aliphatic heterocycles. The topological polar surface area (TPSA) is 66.6 Å². The van der Waals surface area contributed by atoms with Crippen LogP contribution in [-0.2, 0) is 10.2 Å². The number of rotatable bonds is 5. The Morgan fingerprint density at radius 3 is 2.35 bits per heavy atom. The molecule has 2 rings (SSSR count). The highest BCUT2D eigenvalue weighted by Crippen LogP contribution is 2.28. The second-order valence-corrected chi connectivity index (χ2v) is 7.02. The van der Waals surface area contributed by atoms with Gasteiger partial charge in [-0.15, -0.1) is 0 Å². The third-order valence-corrected chi connectivity index (χ3v) is 6.04. The maximum atomic E-state index is 12.5. The largest absolute Gasteiger partial charge is 0.326 e. The van der Waals surface area contributed by atoms with Crippen LogP contribution in [-0.4, -0.2) is 49.2 Å². The second-order valence-electron chi connectivity index (χ2n) is 5.09. The summed E-state index contributed by atoms with van der Waals surface area (Å²) < 4.78 is 28.0. The summed E-state index contributed by atoms with van der Waals surface area (Å²) in [7, 11) is -3.39. The molecule has 112 valence electrons. The molecule has 0 amide bonds. The Kier molecular flexibility index (Phi) is 4.80. The zero-order valence-corrected chi connectivity index (χ0v) is 12.9. The van der Waals surface area contributed by atoms with Crippen LogP contribution in [0.1, 0.15) is 25.3 Å². The van der Waals surface area contributed by atoms with Gasteiger partial charge in [0, 0.05) is 38.1 Å². The summed E-state index contributed by atoms with van der Waals surface area (Å²) in [6.07, 6.45) is 0. The normalized spacial score (nSPS) is 24.4. The first kappa shape index (κ1) is 15.4. The monoisotopic (exact) mass is 297 g/mol. The van der Waals surface area contributed by atoms with Crippen LogP contribution in [0.25, 0.3) is 0 Å². The average Bonchev–Trinajstić information content (AvgIpc) is 2.84. The molecule has 1 aliphatic rings. The summed E-state index contributed by atoms with van der Waals surface area (Å²) >= 11 is 0. The molecule has 1 fully saturated rings. The summed E-state index contributed by atoms with van der Waals surface area (Å²) in [5.41, 5.74) is 7.27. The Balaban J connectivity index is 2.19. The quantitative estimate of drug-likeness (QED) is 0.881. The van der Waals surface area contributed by atoms with E-state index < -0.39 is 10.2 Å². The van der Waals surface area contributed by atoms with Crippen LogP contribution in [0.4, 0.5) is 0 Å². The Labute approximate surface area is 121 Å². The van der Waals surface area contributed by atoms with Gasteiger partial charge in [-0.25, -0.2) is 0 Å². The highest BCUT2D eigenvalue weighted by Gasteiger charge is 2.39. The van der Waals surface area contributed by atoms with Crippen molar-refractivity contribution in [2.75, 3.05) is 26.2 Å². The minimum atomic E-state index is -3.39. The lowest BCUT2D eigenvalue weighted by atomic mass is 9.95. The van der Waals surface area contributed by atoms with Crippen LogP contribution in [0.15, 0.2) is 30.3 Å². The van der Waals surface area contributed by atoms with Crippen molar-refractivity contribution in [3.05, 3.63) is 35.9 Å². The molecule has 1 saturated heterocycles. The predicted octanol–water partition coefficient (Wildman–Crippen LogP) is 1.000. The van der Waals surface area contributed by atoms with E-state index in [2.05, 4.69) is 0 Å². The molecule has 5 nitrogen and oxygen atoms in total. The van der Waals surface area contributed by atoms with E-state index in [0.717, 1.165) is 5.56 Å². The number of hydrogen-bond donors (Lipinski definition) is 1. The van der Waals surface area contributed by atoms with Crippen molar-refractivity contribution in [1.82, 2.24) is 8.61 Å². The van der Waals surface area contributed by atoms with Gasteiger partial charge in [0.1, 0.15) is 0 Å². The molecular weight excluding hydrogens is 274 g/mol. The van der Waals surface area contributed by atoms with E-state index >= 15 is 0 Å². The van der Waals surface area contributed by atoms with Crippen LogP contribution in [0.5, 0.6) is 0 Å². The highest BCUT2D eigenvalue weighted by atomic mass is 32.2. The van der Waals surface area contributed by atoms with E-state index in [4.69, 9.17) is 5.73 Å². The zero-order chi connectivity index (χ0) is 14.8. The van der Waals surface area contributed by atoms with Gasteiger partial charge < -0.3 is 5.73 Å². The van der Waals surface area contributed by atoms with E-state index in [9.17, 15) is 8.42 Å². The predicted molar refractivity (Wildman–Crippen MR) is 80.6 cm³/mol. The maximum absolute atomic E-state index is 12.5. The van der Waals surface area contributed by atoms with Gasteiger partial charge in [0.05, 0.1) is 0 Å². The van der Waals surface area contributed by atoms with Crippen LogP contribution in [0, 0.1) is 0 Å². The number of benzene rings is 1. The fraction of sp³-hybridized carbons (Fsp3) is 0.571. The highest BCUT2D eigenvalue weighted by molar-refractivity contribution is 7.86. The van der Waals surface area contributed by atoms with E-state index in [1.807, 2.05) is 44.2 Å². The summed E-state index contributed by atoms with van der Waals surface area (Å²) in [6.45, 7) is 5.53. The molecule has 0 unspecified atom stereocenters. The number of hydrogen-bond acceptors (Lipinski definition) is 3. The van der Waals surface area contributed by atoms with Gasteiger partial charge in [-0.05, 0) is 5.56 Å². The van der Waals surface area contributed by atoms with Crippen molar-refractivity contribution >= 4 is 10.2 Å². The van der Waals surface area contributed by atoms with Gasteiger partial charge in [0.15, 0.2) is 0 Å². The Morgan fingerprint density at radius 2 is 1.80 bits per heavy atom. The summed E-state index contributed by atoms with van der Waals surface area (Å²) in [4.78, 5) is 0. The molecule has 0 saturated carbocycles. The number of nitrogens with two attached hydrogens (primary N) is 1. The molecule has 6 heteroatoms. The van der Waals surface area contributed by atoms with Gasteiger partial charge in [-0.2, -0.15) is 17.0 Å². The SMILES string of the molecule is CCN(CC)S(=O)(=O)N1C[C@@H](N)[C@H](c2ccccc2)C1. The third kappa shape index (κ3) is 2.88. The first-order chi connectivity index (χ1) is 9.50. The third-order valence-electron chi connectivity index (χ3n) is 3.92. The molecule has 1 heterocycles. The van der Waals surface area contributed by atoms with Crippen molar-refractivity contribution in [2.45, 2.75) is 25.8 Å². The van der Waals surface area contributed by atoms with Gasteiger partial charge in [-0.1, -0.05) is 44.2 Å². The molecule has 20 heavy (non-hydrogen) atoms. The van der Waals surface area contributed by atoms with E-state index in [1.54, 1.807) is 0 Å². The molecule has 0 spiro atoms. The first-order valence-electron chi connectivity index (χ1n) is 7.06. The molecule has 0 bridgehead atoms. The van der Waals surface area contributed by atoms with Gasteiger partial charge in [-0.3, -0.25) is 0 Å². The maximum Gasteiger partial charge on any atom is 0.282 e. The van der Waals surface area contributed by atoms with Crippen LogP contribution >= 0.6 is 0 Å². The molecule has 1 aromatic carbocycles. The molecule has 0 aromatic heterocycles. The fourth-order valence-corrected chi connectivity index (χ4v) is 4.43. The molecule has 0 aliphatic carbocycles. The van der Waals surface area contributed by atoms with Crippen LogP contribution in [0.2, 0.25) is 0 Å². The lowest BCUT2D eigenvalue weighted by Gasteiger charge is -2.25. The lowest BCUT2D eigenvalue weighted by Crippen LogP contribution is -2.43. The minimum absolute atomic E-state index is 0.0709. The molecular formula is C14H23N3O2S. The first-order valence-corrected chi connectivity index (χ1v) is 8.46. The van der Waals surface area contributed by atoms with E-state index in [1.165, 1.54) is 8.61 Å². The molecule has 0 radical (unpaired) electrons. The standard InChI is InChI=1S/C14H23N3O2S/c1-3-16(4-2)20(18,19)17-10-13(14(15)11-17)12-8-6-5-7-9-12/h5-9,13-14H,3-4,10-11,15H2,1-2H3/t13-,14+/m0/s1. The summed E-state index contributed by atoms with van der Waals surface area (Å²) in [5, 5.41) is 0. The molecule has 2 N–H and O–H groups in total. The van der Waals surface area contributed by atoms with Crippen molar-refractivity contribution in [3.8, 4) is 0 Å². The van der Waals surface area contributed by atoms with Crippen LogP contribution < -0.4 is 5.73 Å². The molecule has 1 aromatic rings. The van der Waals surface area contributed by atoms with Gasteiger partial charge >= 0.3 is 0 Å². The molecule has 2 atom stereocenters. The minimum Gasteiger partial charge on any atom is -0.326 e. The Hall–Kier alpha value is -0.950. The van der Waals surface area contributed by atoms with E-state index in [-0.39, 0.29) is 12.0 Å².